The van der Waals surface area contributed by atoms with E-state index in [1.165, 1.54) is 11.3 Å². The number of thioether (sulfide) groups is 1. The Bertz CT molecular complexity index is 516. The predicted octanol–water partition coefficient (Wildman–Crippen LogP) is 1.65. The highest BCUT2D eigenvalue weighted by Crippen LogP contribution is 2.28. The van der Waals surface area contributed by atoms with Gasteiger partial charge in [-0.2, -0.15) is 11.8 Å². The largest absolute Gasteiger partial charge is 0.366 e. The number of hydrogen-bond donors (Lipinski definition) is 2. The molecule has 0 spiro atoms. The maximum atomic E-state index is 12.1. The van der Waals surface area contributed by atoms with Crippen molar-refractivity contribution in [2.24, 2.45) is 0 Å². The molecule has 0 bridgehead atoms. The average Bonchev–Trinajstić information content (AvgIpc) is 2.98. The van der Waals surface area contributed by atoms with Crippen LogP contribution in [0.3, 0.4) is 0 Å². The maximum Gasteiger partial charge on any atom is 0.221 e. The van der Waals surface area contributed by atoms with E-state index in [0.29, 0.717) is 25.0 Å². The molecular weight excluding hydrogens is 294 g/mol. The minimum Gasteiger partial charge on any atom is -0.366 e. The average molecular weight is 319 g/mol. The van der Waals surface area contributed by atoms with E-state index < -0.39 is 0 Å². The van der Waals surface area contributed by atoms with Crippen LogP contribution in [-0.2, 0) is 11.2 Å². The number of para-hydroxylation sites is 1. The van der Waals surface area contributed by atoms with E-state index in [0.717, 1.165) is 31.0 Å². The number of amides is 1. The van der Waals surface area contributed by atoms with Crippen molar-refractivity contribution in [2.75, 3.05) is 36.0 Å². The summed E-state index contributed by atoms with van der Waals surface area (Å²) in [6.07, 6.45) is 1.70. The lowest BCUT2D eigenvalue weighted by Crippen LogP contribution is -2.45. The molecule has 0 radical (unpaired) electrons. The van der Waals surface area contributed by atoms with E-state index in [9.17, 15) is 4.79 Å². The van der Waals surface area contributed by atoms with Gasteiger partial charge in [-0.25, -0.2) is 0 Å². The molecule has 120 valence electrons. The van der Waals surface area contributed by atoms with E-state index in [4.69, 9.17) is 0 Å². The highest BCUT2D eigenvalue weighted by atomic mass is 32.2. The predicted molar refractivity (Wildman–Crippen MR) is 93.7 cm³/mol. The molecule has 0 aliphatic carbocycles. The number of hydrogen-bond acceptors (Lipinski definition) is 4. The van der Waals surface area contributed by atoms with E-state index in [-0.39, 0.29) is 5.91 Å². The van der Waals surface area contributed by atoms with Crippen molar-refractivity contribution < 1.29 is 4.79 Å². The lowest BCUT2D eigenvalue weighted by atomic mass is 10.1. The van der Waals surface area contributed by atoms with Crippen LogP contribution in [0.5, 0.6) is 0 Å². The van der Waals surface area contributed by atoms with Crippen LogP contribution in [-0.4, -0.2) is 49.1 Å². The van der Waals surface area contributed by atoms with Gasteiger partial charge in [-0.05, 0) is 25.0 Å². The molecule has 1 fully saturated rings. The fourth-order valence-electron chi connectivity index (χ4n) is 3.24. The molecule has 2 aliphatic heterocycles. The summed E-state index contributed by atoms with van der Waals surface area (Å²) < 4.78 is 0. The van der Waals surface area contributed by atoms with Crippen molar-refractivity contribution in [3.63, 3.8) is 0 Å². The van der Waals surface area contributed by atoms with Crippen LogP contribution in [0.4, 0.5) is 5.69 Å². The Morgan fingerprint density at radius 3 is 3.18 bits per heavy atom. The monoisotopic (exact) mass is 319 g/mol. The molecule has 0 saturated carbocycles. The van der Waals surface area contributed by atoms with Gasteiger partial charge in [-0.3, -0.25) is 4.79 Å². The first-order valence-corrected chi connectivity index (χ1v) is 9.32. The van der Waals surface area contributed by atoms with Crippen LogP contribution in [0.2, 0.25) is 0 Å². The molecule has 1 aromatic rings. The standard InChI is InChI=1S/C17H25N3OS/c1-13(20-8-6-14-4-2-3-5-16(14)20)11-19-17(21)10-15-12-22-9-7-18-15/h2-5,13,15,18H,6-12H2,1H3,(H,19,21). The summed E-state index contributed by atoms with van der Waals surface area (Å²) in [5.41, 5.74) is 2.75. The van der Waals surface area contributed by atoms with E-state index in [1.54, 1.807) is 0 Å². The first kappa shape index (κ1) is 15.7. The molecule has 1 saturated heterocycles. The van der Waals surface area contributed by atoms with Gasteiger partial charge in [0.25, 0.3) is 0 Å². The number of anilines is 1. The lowest BCUT2D eigenvalue weighted by Gasteiger charge is -2.28. The second kappa shape index (κ2) is 7.38. The SMILES string of the molecule is CC(CNC(=O)CC1CSCCN1)N1CCc2ccccc21. The fourth-order valence-corrected chi connectivity index (χ4v) is 4.19. The quantitative estimate of drug-likeness (QED) is 0.866. The molecule has 2 aliphatic rings. The van der Waals surface area contributed by atoms with Crippen LogP contribution in [0.15, 0.2) is 24.3 Å². The normalized spacial score (nSPS) is 22.2. The van der Waals surface area contributed by atoms with Crippen LogP contribution in [0.25, 0.3) is 0 Å². The Balaban J connectivity index is 1.46. The molecule has 0 aromatic heterocycles. The summed E-state index contributed by atoms with van der Waals surface area (Å²) in [5.74, 6) is 2.37. The minimum absolute atomic E-state index is 0.166. The number of carbonyl (C=O) groups excluding carboxylic acids is 1. The molecule has 2 atom stereocenters. The second-order valence-corrected chi connectivity index (χ2v) is 7.31. The third kappa shape index (κ3) is 3.76. The van der Waals surface area contributed by atoms with Gasteiger partial charge in [0, 0.05) is 55.3 Å². The molecule has 5 heteroatoms. The molecule has 2 unspecified atom stereocenters. The summed E-state index contributed by atoms with van der Waals surface area (Å²) >= 11 is 1.93. The molecule has 4 nitrogen and oxygen atoms in total. The summed E-state index contributed by atoms with van der Waals surface area (Å²) in [6.45, 7) is 4.98. The topological polar surface area (TPSA) is 44.4 Å². The highest BCUT2D eigenvalue weighted by molar-refractivity contribution is 7.99. The van der Waals surface area contributed by atoms with Gasteiger partial charge in [-0.15, -0.1) is 0 Å². The minimum atomic E-state index is 0.166. The zero-order valence-corrected chi connectivity index (χ0v) is 14.0. The lowest BCUT2D eigenvalue weighted by molar-refractivity contribution is -0.121. The maximum absolute atomic E-state index is 12.1. The van der Waals surface area contributed by atoms with Crippen molar-refractivity contribution in [3.8, 4) is 0 Å². The van der Waals surface area contributed by atoms with Gasteiger partial charge >= 0.3 is 0 Å². The zero-order valence-electron chi connectivity index (χ0n) is 13.2. The van der Waals surface area contributed by atoms with Crippen LogP contribution in [0, 0.1) is 0 Å². The van der Waals surface area contributed by atoms with Gasteiger partial charge in [0.1, 0.15) is 0 Å². The second-order valence-electron chi connectivity index (χ2n) is 6.16. The summed E-state index contributed by atoms with van der Waals surface area (Å²) in [7, 11) is 0. The number of carbonyl (C=O) groups is 1. The molecular formula is C17H25N3OS. The van der Waals surface area contributed by atoms with Gasteiger partial charge in [0.15, 0.2) is 0 Å². The van der Waals surface area contributed by atoms with E-state index in [1.807, 2.05) is 11.8 Å². The fraction of sp³-hybridized carbons (Fsp3) is 0.588. The Morgan fingerprint density at radius 1 is 1.50 bits per heavy atom. The number of fused-ring (bicyclic) bond motifs is 1. The number of nitrogens with zero attached hydrogens (tertiary/aromatic N) is 1. The van der Waals surface area contributed by atoms with Gasteiger partial charge in [0.05, 0.1) is 0 Å². The number of rotatable bonds is 5. The zero-order chi connectivity index (χ0) is 15.4. The van der Waals surface area contributed by atoms with Crippen molar-refractivity contribution in [3.05, 3.63) is 29.8 Å². The summed E-state index contributed by atoms with van der Waals surface area (Å²) in [4.78, 5) is 14.5. The third-order valence-corrected chi connectivity index (χ3v) is 5.61. The van der Waals surface area contributed by atoms with E-state index in [2.05, 4.69) is 46.7 Å². The van der Waals surface area contributed by atoms with E-state index >= 15 is 0 Å². The highest BCUT2D eigenvalue weighted by Gasteiger charge is 2.23. The van der Waals surface area contributed by atoms with Crippen LogP contribution >= 0.6 is 11.8 Å². The Morgan fingerprint density at radius 2 is 2.36 bits per heavy atom. The van der Waals surface area contributed by atoms with Crippen LogP contribution < -0.4 is 15.5 Å². The summed E-state index contributed by atoms with van der Waals surface area (Å²) in [6, 6.07) is 9.25. The smallest absolute Gasteiger partial charge is 0.221 e. The van der Waals surface area contributed by atoms with Crippen LogP contribution in [0.1, 0.15) is 18.9 Å². The van der Waals surface area contributed by atoms with Crippen molar-refractivity contribution >= 4 is 23.4 Å². The molecule has 2 heterocycles. The third-order valence-electron chi connectivity index (χ3n) is 4.48. The number of benzene rings is 1. The Hall–Kier alpha value is -1.20. The molecule has 1 amide bonds. The molecule has 2 N–H and O–H groups in total. The molecule has 1 aromatic carbocycles. The molecule has 3 rings (SSSR count). The van der Waals surface area contributed by atoms with Gasteiger partial charge < -0.3 is 15.5 Å². The van der Waals surface area contributed by atoms with Crippen molar-refractivity contribution in [2.45, 2.75) is 31.8 Å². The van der Waals surface area contributed by atoms with Gasteiger partial charge in [0.2, 0.25) is 5.91 Å². The van der Waals surface area contributed by atoms with Crippen molar-refractivity contribution in [1.29, 1.82) is 0 Å². The Kier molecular flexibility index (Phi) is 5.26. The van der Waals surface area contributed by atoms with Crippen molar-refractivity contribution in [1.82, 2.24) is 10.6 Å². The summed E-state index contributed by atoms with van der Waals surface area (Å²) in [5, 5.41) is 6.52. The molecule has 22 heavy (non-hydrogen) atoms. The number of nitrogens with one attached hydrogen (secondary N) is 2. The van der Waals surface area contributed by atoms with Gasteiger partial charge in [-0.1, -0.05) is 18.2 Å². The first-order chi connectivity index (χ1) is 10.7. The Labute approximate surface area is 137 Å². The first-order valence-electron chi connectivity index (χ1n) is 8.16.